The van der Waals surface area contributed by atoms with Crippen molar-refractivity contribution in [1.82, 2.24) is 15.0 Å². The van der Waals surface area contributed by atoms with Crippen molar-refractivity contribution < 1.29 is 0 Å². The normalized spacial score (nSPS) is 15.7. The van der Waals surface area contributed by atoms with E-state index >= 15 is 0 Å². The zero-order valence-corrected chi connectivity index (χ0v) is 9.44. The second kappa shape index (κ2) is 3.64. The molecule has 0 aromatic carbocycles. The lowest BCUT2D eigenvalue weighted by atomic mass is 10.3. The van der Waals surface area contributed by atoms with E-state index in [1.807, 2.05) is 11.9 Å². The molecule has 0 saturated heterocycles. The summed E-state index contributed by atoms with van der Waals surface area (Å²) in [4.78, 5) is 14.8. The lowest BCUT2D eigenvalue weighted by Gasteiger charge is -2.21. The third kappa shape index (κ3) is 2.16. The van der Waals surface area contributed by atoms with Crippen LogP contribution in [-0.4, -0.2) is 28.0 Å². The maximum atomic E-state index is 5.67. The van der Waals surface area contributed by atoms with Crippen molar-refractivity contribution >= 4 is 11.9 Å². The Bertz CT molecular complexity index is 359. The van der Waals surface area contributed by atoms with E-state index in [1.165, 1.54) is 12.8 Å². The monoisotopic (exact) mass is 207 g/mol. The van der Waals surface area contributed by atoms with Gasteiger partial charge in [0.1, 0.15) is 5.82 Å². The summed E-state index contributed by atoms with van der Waals surface area (Å²) < 4.78 is 0. The molecule has 1 aromatic rings. The van der Waals surface area contributed by atoms with Crippen LogP contribution in [0.25, 0.3) is 0 Å². The van der Waals surface area contributed by atoms with Gasteiger partial charge in [0, 0.05) is 19.0 Å². The van der Waals surface area contributed by atoms with Crippen LogP contribution in [-0.2, 0) is 0 Å². The van der Waals surface area contributed by atoms with Gasteiger partial charge in [0.05, 0.1) is 0 Å². The van der Waals surface area contributed by atoms with E-state index in [-0.39, 0.29) is 0 Å². The van der Waals surface area contributed by atoms with Gasteiger partial charge >= 0.3 is 0 Å². The molecule has 1 fully saturated rings. The van der Waals surface area contributed by atoms with Gasteiger partial charge in [-0.15, -0.1) is 0 Å². The van der Waals surface area contributed by atoms with Gasteiger partial charge in [-0.3, -0.25) is 0 Å². The molecule has 0 aliphatic heterocycles. The molecule has 1 heterocycles. The Balaban J connectivity index is 2.30. The van der Waals surface area contributed by atoms with E-state index < -0.39 is 0 Å². The molecule has 1 aliphatic carbocycles. The van der Waals surface area contributed by atoms with Gasteiger partial charge in [0.15, 0.2) is 0 Å². The van der Waals surface area contributed by atoms with Crippen molar-refractivity contribution in [2.24, 2.45) is 0 Å². The summed E-state index contributed by atoms with van der Waals surface area (Å²) in [6, 6.07) is 0.360. The van der Waals surface area contributed by atoms with Crippen LogP contribution in [0.4, 0.5) is 11.9 Å². The van der Waals surface area contributed by atoms with Gasteiger partial charge in [0.25, 0.3) is 0 Å². The number of nitrogen functional groups attached to an aromatic ring is 1. The molecule has 0 atom stereocenters. The fraction of sp³-hybridized carbons (Fsp3) is 0.700. The highest BCUT2D eigenvalue weighted by molar-refractivity contribution is 5.35. The summed E-state index contributed by atoms with van der Waals surface area (Å²) in [6.45, 7) is 4.19. The lowest BCUT2D eigenvalue weighted by molar-refractivity contribution is 0.718. The Labute approximate surface area is 89.7 Å². The highest BCUT2D eigenvalue weighted by Crippen LogP contribution is 2.38. The summed E-state index contributed by atoms with van der Waals surface area (Å²) in [5.41, 5.74) is 5.67. The van der Waals surface area contributed by atoms with Crippen molar-refractivity contribution in [1.29, 1.82) is 0 Å². The molecule has 0 amide bonds. The third-order valence-corrected chi connectivity index (χ3v) is 2.69. The van der Waals surface area contributed by atoms with E-state index in [0.29, 0.717) is 23.9 Å². The molecule has 0 spiro atoms. The summed E-state index contributed by atoms with van der Waals surface area (Å²) in [6.07, 6.45) is 2.35. The number of hydrogen-bond acceptors (Lipinski definition) is 5. The molecule has 5 heteroatoms. The van der Waals surface area contributed by atoms with Gasteiger partial charge in [-0.25, -0.2) is 0 Å². The van der Waals surface area contributed by atoms with Gasteiger partial charge in [-0.2, -0.15) is 15.0 Å². The molecule has 0 bridgehead atoms. The number of nitrogens with two attached hydrogens (primary N) is 1. The third-order valence-electron chi connectivity index (χ3n) is 2.69. The number of aromatic nitrogens is 3. The van der Waals surface area contributed by atoms with Crippen molar-refractivity contribution in [2.75, 3.05) is 17.7 Å². The molecule has 82 valence electrons. The van der Waals surface area contributed by atoms with Crippen molar-refractivity contribution in [3.63, 3.8) is 0 Å². The first-order chi connectivity index (χ1) is 7.08. The van der Waals surface area contributed by atoms with Crippen molar-refractivity contribution in [2.45, 2.75) is 38.6 Å². The van der Waals surface area contributed by atoms with E-state index in [2.05, 4.69) is 28.8 Å². The highest BCUT2D eigenvalue weighted by Gasteiger charge is 2.28. The minimum absolute atomic E-state index is 0.328. The Hall–Kier alpha value is -1.39. The maximum Gasteiger partial charge on any atom is 0.230 e. The minimum Gasteiger partial charge on any atom is -0.368 e. The predicted octanol–water partition coefficient (Wildman–Crippen LogP) is 1.18. The largest absolute Gasteiger partial charge is 0.368 e. The molecule has 0 unspecified atom stereocenters. The Morgan fingerprint density at radius 3 is 2.47 bits per heavy atom. The van der Waals surface area contributed by atoms with Crippen molar-refractivity contribution in [3.8, 4) is 0 Å². The second-order valence-corrected chi connectivity index (χ2v) is 4.33. The van der Waals surface area contributed by atoms with Crippen LogP contribution in [0.15, 0.2) is 0 Å². The molecule has 15 heavy (non-hydrogen) atoms. The lowest BCUT2D eigenvalue weighted by Crippen LogP contribution is -2.28. The van der Waals surface area contributed by atoms with E-state index in [0.717, 1.165) is 5.82 Å². The van der Waals surface area contributed by atoms with Crippen molar-refractivity contribution in [3.05, 3.63) is 5.82 Å². The molecule has 0 radical (unpaired) electrons. The van der Waals surface area contributed by atoms with E-state index in [4.69, 9.17) is 5.73 Å². The first-order valence-electron chi connectivity index (χ1n) is 5.32. The van der Waals surface area contributed by atoms with Gasteiger partial charge in [0.2, 0.25) is 11.9 Å². The van der Waals surface area contributed by atoms with Crippen LogP contribution < -0.4 is 10.6 Å². The quantitative estimate of drug-likeness (QED) is 0.806. The number of anilines is 2. The molecular formula is C10H17N5. The molecule has 2 rings (SSSR count). The fourth-order valence-corrected chi connectivity index (χ4v) is 1.31. The molecular weight excluding hydrogens is 190 g/mol. The number of rotatable bonds is 3. The zero-order valence-electron chi connectivity index (χ0n) is 9.44. The standard InChI is InChI=1S/C10H17N5/c1-6(2)15(3)10-13-8(7-4-5-7)12-9(11)14-10/h6-7H,4-5H2,1-3H3,(H2,11,12,13,14). The van der Waals surface area contributed by atoms with Crippen LogP contribution in [0.2, 0.25) is 0 Å². The molecule has 1 aromatic heterocycles. The highest BCUT2D eigenvalue weighted by atomic mass is 15.3. The molecule has 5 nitrogen and oxygen atoms in total. The summed E-state index contributed by atoms with van der Waals surface area (Å²) in [5.74, 6) is 2.37. The predicted molar refractivity (Wildman–Crippen MR) is 59.8 cm³/mol. The number of nitrogens with zero attached hydrogens (tertiary/aromatic N) is 4. The van der Waals surface area contributed by atoms with Gasteiger partial charge < -0.3 is 10.6 Å². The van der Waals surface area contributed by atoms with E-state index in [1.54, 1.807) is 0 Å². The average molecular weight is 207 g/mol. The summed E-state index contributed by atoms with van der Waals surface area (Å²) in [5, 5.41) is 0. The summed E-state index contributed by atoms with van der Waals surface area (Å²) in [7, 11) is 1.97. The first-order valence-corrected chi connectivity index (χ1v) is 5.32. The van der Waals surface area contributed by atoms with Gasteiger partial charge in [-0.1, -0.05) is 0 Å². The SMILES string of the molecule is CC(C)N(C)c1nc(N)nc(C2CC2)n1. The second-order valence-electron chi connectivity index (χ2n) is 4.33. The topological polar surface area (TPSA) is 67.9 Å². The minimum atomic E-state index is 0.328. The fourth-order valence-electron chi connectivity index (χ4n) is 1.31. The smallest absolute Gasteiger partial charge is 0.230 e. The first kappa shape index (κ1) is 10.1. The molecule has 1 saturated carbocycles. The molecule has 1 aliphatic rings. The van der Waals surface area contributed by atoms with Crippen LogP contribution in [0.5, 0.6) is 0 Å². The van der Waals surface area contributed by atoms with Crippen LogP contribution in [0.3, 0.4) is 0 Å². The summed E-state index contributed by atoms with van der Waals surface area (Å²) >= 11 is 0. The maximum absolute atomic E-state index is 5.67. The Morgan fingerprint density at radius 2 is 1.93 bits per heavy atom. The van der Waals surface area contributed by atoms with Crippen LogP contribution >= 0.6 is 0 Å². The van der Waals surface area contributed by atoms with Crippen LogP contribution in [0, 0.1) is 0 Å². The van der Waals surface area contributed by atoms with Crippen LogP contribution in [0.1, 0.15) is 38.4 Å². The number of hydrogen-bond donors (Lipinski definition) is 1. The average Bonchev–Trinajstić information content (AvgIpc) is 2.98. The van der Waals surface area contributed by atoms with Gasteiger partial charge in [-0.05, 0) is 26.7 Å². The Morgan fingerprint density at radius 1 is 1.27 bits per heavy atom. The Kier molecular flexibility index (Phi) is 2.46. The van der Waals surface area contributed by atoms with E-state index in [9.17, 15) is 0 Å². The molecule has 2 N–H and O–H groups in total. The zero-order chi connectivity index (χ0) is 11.0.